The highest BCUT2D eigenvalue weighted by atomic mass is 127. The Labute approximate surface area is 104 Å². The van der Waals surface area contributed by atoms with Gasteiger partial charge in [0.2, 0.25) is 5.91 Å². The van der Waals surface area contributed by atoms with Crippen LogP contribution in [0.1, 0.15) is 26.7 Å². The summed E-state index contributed by atoms with van der Waals surface area (Å²) in [5, 5.41) is 6.95. The van der Waals surface area contributed by atoms with Crippen molar-refractivity contribution in [3.8, 4) is 0 Å². The molecule has 1 atom stereocenters. The summed E-state index contributed by atoms with van der Waals surface area (Å²) in [6.45, 7) is 4.03. The van der Waals surface area contributed by atoms with Gasteiger partial charge < -0.3 is 5.32 Å². The third-order valence-electron chi connectivity index (χ3n) is 2.29. The molecule has 0 saturated heterocycles. The summed E-state index contributed by atoms with van der Waals surface area (Å²) >= 11 is 2.16. The SMILES string of the molecule is CCCC(C)C(=O)Nc1cnn(C)c1I. The minimum Gasteiger partial charge on any atom is -0.322 e. The highest BCUT2D eigenvalue weighted by molar-refractivity contribution is 14.1. The van der Waals surface area contributed by atoms with Gasteiger partial charge in [0, 0.05) is 13.0 Å². The lowest BCUT2D eigenvalue weighted by molar-refractivity contribution is -0.119. The Kier molecular flexibility index (Phi) is 4.56. The molecular weight excluding hydrogens is 305 g/mol. The molecule has 15 heavy (non-hydrogen) atoms. The number of carbonyl (C=O) groups excluding carboxylic acids is 1. The number of amides is 1. The Morgan fingerprint density at radius 2 is 2.40 bits per heavy atom. The van der Waals surface area contributed by atoms with Crippen LogP contribution >= 0.6 is 22.6 Å². The summed E-state index contributed by atoms with van der Waals surface area (Å²) in [6, 6.07) is 0. The number of nitrogens with one attached hydrogen (secondary N) is 1. The molecule has 1 amide bonds. The van der Waals surface area contributed by atoms with Crippen molar-refractivity contribution in [2.24, 2.45) is 13.0 Å². The number of nitrogens with zero attached hydrogens (tertiary/aromatic N) is 2. The number of rotatable bonds is 4. The second kappa shape index (κ2) is 5.48. The van der Waals surface area contributed by atoms with Crippen LogP contribution in [0.5, 0.6) is 0 Å². The van der Waals surface area contributed by atoms with Crippen LogP contribution in [0.2, 0.25) is 0 Å². The molecule has 0 fully saturated rings. The smallest absolute Gasteiger partial charge is 0.227 e. The van der Waals surface area contributed by atoms with Crippen LogP contribution in [0.4, 0.5) is 5.69 Å². The molecule has 1 unspecified atom stereocenters. The van der Waals surface area contributed by atoms with E-state index in [-0.39, 0.29) is 11.8 Å². The highest BCUT2D eigenvalue weighted by Gasteiger charge is 2.14. The van der Waals surface area contributed by atoms with E-state index >= 15 is 0 Å². The molecule has 0 spiro atoms. The maximum atomic E-state index is 11.7. The zero-order valence-corrected chi connectivity index (χ0v) is 11.4. The fraction of sp³-hybridized carbons (Fsp3) is 0.600. The van der Waals surface area contributed by atoms with Crippen LogP contribution in [0.25, 0.3) is 0 Å². The van der Waals surface area contributed by atoms with Crippen LogP contribution in [-0.2, 0) is 11.8 Å². The maximum Gasteiger partial charge on any atom is 0.227 e. The largest absolute Gasteiger partial charge is 0.322 e. The van der Waals surface area contributed by atoms with Crippen LogP contribution in [0.15, 0.2) is 6.20 Å². The minimum absolute atomic E-state index is 0.0611. The Morgan fingerprint density at radius 3 is 2.87 bits per heavy atom. The van der Waals surface area contributed by atoms with Crippen LogP contribution in [-0.4, -0.2) is 15.7 Å². The number of halogens is 1. The van der Waals surface area contributed by atoms with Gasteiger partial charge in [-0.1, -0.05) is 20.3 Å². The predicted octanol–water partition coefficient (Wildman–Crippen LogP) is 2.40. The molecule has 84 valence electrons. The molecule has 1 N–H and O–H groups in total. The standard InChI is InChI=1S/C10H16IN3O/c1-4-5-7(2)10(15)13-8-6-12-14(3)9(8)11/h6-7H,4-5H2,1-3H3,(H,13,15). The van der Waals surface area contributed by atoms with Crippen molar-refractivity contribution in [1.29, 1.82) is 0 Å². The van der Waals surface area contributed by atoms with E-state index < -0.39 is 0 Å². The fourth-order valence-electron chi connectivity index (χ4n) is 1.33. The number of hydrogen-bond donors (Lipinski definition) is 1. The van der Waals surface area contributed by atoms with Gasteiger partial charge in [0.05, 0.1) is 11.9 Å². The van der Waals surface area contributed by atoms with E-state index in [2.05, 4.69) is 39.9 Å². The monoisotopic (exact) mass is 321 g/mol. The summed E-state index contributed by atoms with van der Waals surface area (Å²) in [4.78, 5) is 11.7. The van der Waals surface area contributed by atoms with Gasteiger partial charge in [-0.15, -0.1) is 0 Å². The van der Waals surface area contributed by atoms with E-state index in [1.807, 2.05) is 14.0 Å². The number of aromatic nitrogens is 2. The molecule has 0 aliphatic heterocycles. The van der Waals surface area contributed by atoms with Crippen molar-refractivity contribution in [3.05, 3.63) is 9.90 Å². The first-order valence-electron chi connectivity index (χ1n) is 5.04. The Morgan fingerprint density at radius 1 is 1.73 bits per heavy atom. The minimum atomic E-state index is 0.0611. The molecule has 0 aromatic carbocycles. The average molecular weight is 321 g/mol. The van der Waals surface area contributed by atoms with Gasteiger partial charge >= 0.3 is 0 Å². The van der Waals surface area contributed by atoms with E-state index in [1.54, 1.807) is 10.9 Å². The molecule has 0 saturated carbocycles. The summed E-state index contributed by atoms with van der Waals surface area (Å²) < 4.78 is 2.69. The van der Waals surface area contributed by atoms with E-state index in [1.165, 1.54) is 0 Å². The van der Waals surface area contributed by atoms with E-state index in [9.17, 15) is 4.79 Å². The zero-order valence-electron chi connectivity index (χ0n) is 9.25. The van der Waals surface area contributed by atoms with Gasteiger partial charge in [0.15, 0.2) is 0 Å². The number of hydrogen-bond acceptors (Lipinski definition) is 2. The second-order valence-corrected chi connectivity index (χ2v) is 4.67. The van der Waals surface area contributed by atoms with Gasteiger partial charge in [-0.2, -0.15) is 5.10 Å². The molecule has 0 radical (unpaired) electrons. The molecule has 0 bridgehead atoms. The van der Waals surface area contributed by atoms with Crippen molar-refractivity contribution >= 4 is 34.2 Å². The lowest BCUT2D eigenvalue weighted by Crippen LogP contribution is -2.20. The lowest BCUT2D eigenvalue weighted by Gasteiger charge is -2.09. The van der Waals surface area contributed by atoms with Crippen LogP contribution in [0, 0.1) is 9.62 Å². The Hall–Kier alpha value is -0.590. The number of carbonyl (C=O) groups is 1. The molecular formula is C10H16IN3O. The highest BCUT2D eigenvalue weighted by Crippen LogP contribution is 2.17. The summed E-state index contributed by atoms with van der Waals surface area (Å²) in [6.07, 6.45) is 3.62. The first-order chi connectivity index (χ1) is 7.06. The fourth-order valence-corrected chi connectivity index (χ4v) is 1.73. The van der Waals surface area contributed by atoms with Gasteiger partial charge in [-0.3, -0.25) is 9.48 Å². The molecule has 1 heterocycles. The van der Waals surface area contributed by atoms with Crippen molar-refractivity contribution in [2.75, 3.05) is 5.32 Å². The van der Waals surface area contributed by atoms with Crippen molar-refractivity contribution in [3.63, 3.8) is 0 Å². The third-order valence-corrected chi connectivity index (χ3v) is 3.57. The van der Waals surface area contributed by atoms with Gasteiger partial charge in [-0.25, -0.2) is 0 Å². The van der Waals surface area contributed by atoms with E-state index in [4.69, 9.17) is 0 Å². The zero-order chi connectivity index (χ0) is 11.4. The third kappa shape index (κ3) is 3.19. The molecule has 0 aliphatic rings. The molecule has 1 rings (SSSR count). The first-order valence-corrected chi connectivity index (χ1v) is 6.12. The normalized spacial score (nSPS) is 12.5. The second-order valence-electron chi connectivity index (χ2n) is 3.65. The lowest BCUT2D eigenvalue weighted by atomic mass is 10.1. The van der Waals surface area contributed by atoms with Gasteiger partial charge in [0.1, 0.15) is 3.70 Å². The van der Waals surface area contributed by atoms with Crippen molar-refractivity contribution in [1.82, 2.24) is 9.78 Å². The molecule has 4 nitrogen and oxygen atoms in total. The van der Waals surface area contributed by atoms with Gasteiger partial charge in [-0.05, 0) is 29.0 Å². The van der Waals surface area contributed by atoms with Crippen LogP contribution in [0.3, 0.4) is 0 Å². The molecule has 1 aromatic heterocycles. The molecule has 0 aliphatic carbocycles. The number of anilines is 1. The summed E-state index contributed by atoms with van der Waals surface area (Å²) in [5.41, 5.74) is 0.797. The number of aryl methyl sites for hydroxylation is 1. The average Bonchev–Trinajstić information content (AvgIpc) is 2.50. The van der Waals surface area contributed by atoms with Gasteiger partial charge in [0.25, 0.3) is 0 Å². The van der Waals surface area contributed by atoms with E-state index in [0.717, 1.165) is 22.2 Å². The Bertz CT molecular complexity index is 348. The maximum absolute atomic E-state index is 11.7. The molecule has 1 aromatic rings. The van der Waals surface area contributed by atoms with Crippen LogP contribution < -0.4 is 5.32 Å². The van der Waals surface area contributed by atoms with Crippen molar-refractivity contribution in [2.45, 2.75) is 26.7 Å². The predicted molar refractivity (Wildman–Crippen MR) is 68.6 cm³/mol. The first kappa shape index (κ1) is 12.5. The Balaban J connectivity index is 2.62. The van der Waals surface area contributed by atoms with Crippen molar-refractivity contribution < 1.29 is 4.79 Å². The summed E-state index contributed by atoms with van der Waals surface area (Å²) in [5.74, 6) is 0.133. The summed E-state index contributed by atoms with van der Waals surface area (Å²) in [7, 11) is 1.85. The van der Waals surface area contributed by atoms with E-state index in [0.29, 0.717) is 0 Å². The molecule has 5 heteroatoms. The quantitative estimate of drug-likeness (QED) is 0.866. The topological polar surface area (TPSA) is 46.9 Å².